The topological polar surface area (TPSA) is 46.2 Å². The fourth-order valence-electron chi connectivity index (χ4n) is 2.07. The fraction of sp³-hybridized carbons (Fsp3) is 0.455. The molecule has 0 unspecified atom stereocenters. The Morgan fingerprint density at radius 3 is 2.59 bits per heavy atom. The van der Waals surface area contributed by atoms with Gasteiger partial charge in [-0.05, 0) is 29.5 Å². The second kappa shape index (κ2) is 4.04. The highest BCUT2D eigenvalue weighted by Crippen LogP contribution is 2.39. The largest absolute Gasteiger partial charge is 0.383 e. The van der Waals surface area contributed by atoms with E-state index in [0.29, 0.717) is 17.3 Å². The highest BCUT2D eigenvalue weighted by molar-refractivity contribution is 8.13. The molecule has 94 valence electrons. The van der Waals surface area contributed by atoms with Gasteiger partial charge in [0.05, 0.1) is 5.69 Å². The molecule has 0 aromatic heterocycles. The predicted octanol–water partition coefficient (Wildman–Crippen LogP) is 3.26. The summed E-state index contributed by atoms with van der Waals surface area (Å²) in [7, 11) is 1.63. The van der Waals surface area contributed by atoms with Crippen molar-refractivity contribution in [1.82, 2.24) is 0 Å². The summed E-state index contributed by atoms with van der Waals surface area (Å²) in [5.74, 6) is 0. The Labute approximate surface area is 111 Å². The summed E-state index contributed by atoms with van der Waals surface area (Å²) in [4.78, 5) is 0.0668. The molecule has 0 fully saturated rings. The minimum absolute atomic E-state index is 0.0668. The van der Waals surface area contributed by atoms with Crippen LogP contribution < -0.4 is 5.32 Å². The summed E-state index contributed by atoms with van der Waals surface area (Å²) < 4.78 is 23.0. The molecular weight excluding hydrogens is 281 g/mol. The van der Waals surface area contributed by atoms with Crippen molar-refractivity contribution < 1.29 is 8.42 Å². The zero-order valence-electron chi connectivity index (χ0n) is 9.55. The van der Waals surface area contributed by atoms with Gasteiger partial charge in [-0.2, -0.15) is 0 Å². The van der Waals surface area contributed by atoms with Crippen molar-refractivity contribution in [2.45, 2.75) is 25.2 Å². The van der Waals surface area contributed by atoms with Crippen molar-refractivity contribution >= 4 is 37.0 Å². The summed E-state index contributed by atoms with van der Waals surface area (Å²) >= 11 is 5.93. The Bertz CT molecular complexity index is 567. The first-order chi connectivity index (χ1) is 7.69. The maximum absolute atomic E-state index is 11.5. The summed E-state index contributed by atoms with van der Waals surface area (Å²) in [6, 6.07) is 3.17. The molecule has 1 aliphatic rings. The average Bonchev–Trinajstić information content (AvgIpc) is 2.12. The van der Waals surface area contributed by atoms with E-state index in [2.05, 4.69) is 19.2 Å². The number of nitrogens with one attached hydrogen (secondary N) is 1. The van der Waals surface area contributed by atoms with Gasteiger partial charge in [0.15, 0.2) is 0 Å². The zero-order chi connectivity index (χ0) is 12.8. The van der Waals surface area contributed by atoms with Crippen LogP contribution in [0.25, 0.3) is 0 Å². The molecule has 0 bridgehead atoms. The minimum Gasteiger partial charge on any atom is -0.383 e. The van der Waals surface area contributed by atoms with Crippen molar-refractivity contribution in [2.75, 3.05) is 11.9 Å². The molecule has 17 heavy (non-hydrogen) atoms. The van der Waals surface area contributed by atoms with Gasteiger partial charge in [-0.1, -0.05) is 25.4 Å². The molecule has 1 aliphatic heterocycles. The first-order valence-electron chi connectivity index (χ1n) is 5.20. The molecule has 0 amide bonds. The van der Waals surface area contributed by atoms with E-state index in [9.17, 15) is 8.42 Å². The van der Waals surface area contributed by atoms with Gasteiger partial charge in [0.25, 0.3) is 9.05 Å². The first-order valence-corrected chi connectivity index (χ1v) is 7.89. The third-order valence-electron chi connectivity index (χ3n) is 2.82. The van der Waals surface area contributed by atoms with Crippen LogP contribution in [-0.2, 0) is 15.5 Å². The first kappa shape index (κ1) is 13.0. The Morgan fingerprint density at radius 1 is 1.35 bits per heavy atom. The van der Waals surface area contributed by atoms with Crippen molar-refractivity contribution in [3.05, 3.63) is 22.7 Å². The second-order valence-corrected chi connectivity index (χ2v) is 8.04. The second-order valence-electron chi connectivity index (χ2n) is 5.07. The van der Waals surface area contributed by atoms with E-state index in [1.54, 1.807) is 6.07 Å². The molecule has 1 aromatic rings. The Balaban J connectivity index is 2.63. The summed E-state index contributed by atoms with van der Waals surface area (Å²) in [5, 5.41) is 3.52. The van der Waals surface area contributed by atoms with Gasteiger partial charge in [0.1, 0.15) is 4.90 Å². The maximum atomic E-state index is 11.5. The maximum Gasteiger partial charge on any atom is 0.263 e. The van der Waals surface area contributed by atoms with Crippen LogP contribution in [0.5, 0.6) is 0 Å². The van der Waals surface area contributed by atoms with Gasteiger partial charge in [0.2, 0.25) is 0 Å². The minimum atomic E-state index is -3.78. The quantitative estimate of drug-likeness (QED) is 0.809. The van der Waals surface area contributed by atoms with Gasteiger partial charge >= 0.3 is 0 Å². The van der Waals surface area contributed by atoms with E-state index in [4.69, 9.17) is 22.3 Å². The fourth-order valence-corrected chi connectivity index (χ4v) is 3.46. The highest BCUT2D eigenvalue weighted by Gasteiger charge is 2.29. The molecule has 0 spiro atoms. The lowest BCUT2D eigenvalue weighted by molar-refractivity contribution is 0.378. The van der Waals surface area contributed by atoms with Crippen LogP contribution in [0.2, 0.25) is 5.02 Å². The molecule has 2 rings (SSSR count). The lowest BCUT2D eigenvalue weighted by Gasteiger charge is -2.33. The smallest absolute Gasteiger partial charge is 0.263 e. The summed E-state index contributed by atoms with van der Waals surface area (Å²) in [6.45, 7) is 4.93. The van der Waals surface area contributed by atoms with Crippen LogP contribution in [0.4, 0.5) is 5.69 Å². The van der Waals surface area contributed by atoms with Crippen LogP contribution in [0.1, 0.15) is 19.4 Å². The predicted molar refractivity (Wildman–Crippen MR) is 70.5 cm³/mol. The van der Waals surface area contributed by atoms with Crippen molar-refractivity contribution in [2.24, 2.45) is 5.41 Å². The standard InChI is InChI=1S/C11H13Cl2NO2S/c1-11(2)5-7-3-8(12)4-9(17(13,15)16)10(7)14-6-11/h3-4,14H,5-6H2,1-2H3. The Morgan fingerprint density at radius 2 is 2.00 bits per heavy atom. The number of hydrogen-bond acceptors (Lipinski definition) is 3. The molecule has 0 saturated heterocycles. The Hall–Kier alpha value is -0.450. The SMILES string of the molecule is CC1(C)CNc2c(cc(Cl)cc2S(=O)(=O)Cl)C1. The molecule has 1 N–H and O–H groups in total. The zero-order valence-corrected chi connectivity index (χ0v) is 11.9. The van der Waals surface area contributed by atoms with E-state index in [0.717, 1.165) is 12.0 Å². The molecule has 0 saturated carbocycles. The average molecular weight is 294 g/mol. The van der Waals surface area contributed by atoms with E-state index in [1.807, 2.05) is 0 Å². The molecule has 0 atom stereocenters. The van der Waals surface area contributed by atoms with Gasteiger partial charge in [-0.25, -0.2) is 8.42 Å². The van der Waals surface area contributed by atoms with Gasteiger partial charge < -0.3 is 5.32 Å². The highest BCUT2D eigenvalue weighted by atomic mass is 35.7. The van der Waals surface area contributed by atoms with Crippen LogP contribution >= 0.6 is 22.3 Å². The number of fused-ring (bicyclic) bond motifs is 1. The molecule has 1 heterocycles. The monoisotopic (exact) mass is 293 g/mol. The van der Waals surface area contributed by atoms with Crippen molar-refractivity contribution in [3.8, 4) is 0 Å². The van der Waals surface area contributed by atoms with Crippen LogP contribution in [-0.4, -0.2) is 15.0 Å². The van der Waals surface area contributed by atoms with E-state index in [-0.39, 0.29) is 10.3 Å². The van der Waals surface area contributed by atoms with E-state index < -0.39 is 9.05 Å². The molecule has 3 nitrogen and oxygen atoms in total. The van der Waals surface area contributed by atoms with Crippen LogP contribution in [0.15, 0.2) is 17.0 Å². The summed E-state index contributed by atoms with van der Waals surface area (Å²) in [6.07, 6.45) is 0.773. The molecule has 0 radical (unpaired) electrons. The number of halogens is 2. The third-order valence-corrected chi connectivity index (χ3v) is 4.39. The van der Waals surface area contributed by atoms with Crippen LogP contribution in [0, 0.1) is 5.41 Å². The van der Waals surface area contributed by atoms with E-state index in [1.165, 1.54) is 6.07 Å². The Kier molecular flexibility index (Phi) is 3.09. The van der Waals surface area contributed by atoms with Gasteiger partial charge in [-0.15, -0.1) is 0 Å². The lowest BCUT2D eigenvalue weighted by Crippen LogP contribution is -2.31. The van der Waals surface area contributed by atoms with E-state index >= 15 is 0 Å². The molecule has 0 aliphatic carbocycles. The number of hydrogen-bond donors (Lipinski definition) is 1. The van der Waals surface area contributed by atoms with Gasteiger partial charge in [0, 0.05) is 22.2 Å². The number of rotatable bonds is 1. The number of benzene rings is 1. The molecule has 6 heteroatoms. The molecule has 1 aromatic carbocycles. The normalized spacial score (nSPS) is 18.4. The van der Waals surface area contributed by atoms with Crippen molar-refractivity contribution in [3.63, 3.8) is 0 Å². The van der Waals surface area contributed by atoms with Crippen LogP contribution in [0.3, 0.4) is 0 Å². The summed E-state index contributed by atoms with van der Waals surface area (Å²) in [5.41, 5.74) is 1.56. The number of anilines is 1. The lowest BCUT2D eigenvalue weighted by atomic mass is 9.82. The van der Waals surface area contributed by atoms with Gasteiger partial charge in [-0.3, -0.25) is 0 Å². The van der Waals surface area contributed by atoms with Crippen molar-refractivity contribution in [1.29, 1.82) is 0 Å². The third kappa shape index (κ3) is 2.69. The molecular formula is C11H13Cl2NO2S.